The number of thiophene rings is 1. The number of hydrogen-bond donors (Lipinski definition) is 1. The third-order valence-electron chi connectivity index (χ3n) is 2.79. The van der Waals surface area contributed by atoms with Gasteiger partial charge in [-0.2, -0.15) is 10.1 Å². The van der Waals surface area contributed by atoms with Crippen LogP contribution in [0.2, 0.25) is 5.28 Å². The van der Waals surface area contributed by atoms with Crippen LogP contribution in [0.4, 0.5) is 11.5 Å². The monoisotopic (exact) mass is 293 g/mol. The number of fused-ring (bicyclic) bond motifs is 1. The van der Waals surface area contributed by atoms with Gasteiger partial charge in [-0.25, -0.2) is 4.98 Å². The Labute approximate surface area is 119 Å². The molecule has 0 aromatic carbocycles. The van der Waals surface area contributed by atoms with Crippen LogP contribution in [0.15, 0.2) is 17.6 Å². The van der Waals surface area contributed by atoms with Crippen LogP contribution in [0.1, 0.15) is 12.6 Å². The second-order valence-electron chi connectivity index (χ2n) is 4.12. The van der Waals surface area contributed by atoms with Crippen molar-refractivity contribution in [1.29, 1.82) is 0 Å². The van der Waals surface area contributed by atoms with Gasteiger partial charge < -0.3 is 5.32 Å². The lowest BCUT2D eigenvalue weighted by Gasteiger charge is -2.06. The zero-order valence-corrected chi connectivity index (χ0v) is 12.1. The molecule has 19 heavy (non-hydrogen) atoms. The Morgan fingerprint density at radius 2 is 2.26 bits per heavy atom. The summed E-state index contributed by atoms with van der Waals surface area (Å²) in [6, 6.07) is 1.99. The Kier molecular flexibility index (Phi) is 3.12. The van der Waals surface area contributed by atoms with E-state index in [0.717, 1.165) is 33.8 Å². The van der Waals surface area contributed by atoms with Crippen LogP contribution in [0.5, 0.6) is 0 Å². The van der Waals surface area contributed by atoms with Gasteiger partial charge >= 0.3 is 0 Å². The molecule has 0 aliphatic heterocycles. The zero-order chi connectivity index (χ0) is 13.4. The molecule has 0 spiro atoms. The lowest BCUT2D eigenvalue weighted by Crippen LogP contribution is -1.97. The van der Waals surface area contributed by atoms with Crippen LogP contribution >= 0.6 is 22.9 Å². The van der Waals surface area contributed by atoms with Crippen molar-refractivity contribution in [3.05, 3.63) is 28.6 Å². The number of anilines is 2. The molecule has 0 saturated carbocycles. The highest BCUT2D eigenvalue weighted by Crippen LogP contribution is 2.29. The van der Waals surface area contributed by atoms with Crippen LogP contribution in [0.3, 0.4) is 0 Å². The molecular weight excluding hydrogens is 282 g/mol. The molecule has 0 fully saturated rings. The van der Waals surface area contributed by atoms with Gasteiger partial charge in [0.05, 0.1) is 16.8 Å². The minimum absolute atomic E-state index is 0.249. The quantitative estimate of drug-likeness (QED) is 0.752. The van der Waals surface area contributed by atoms with E-state index < -0.39 is 0 Å². The lowest BCUT2D eigenvalue weighted by atomic mass is 10.3. The number of nitrogens with zero attached hydrogens (tertiary/aromatic N) is 4. The van der Waals surface area contributed by atoms with Gasteiger partial charge in [0.15, 0.2) is 0 Å². The van der Waals surface area contributed by atoms with Crippen LogP contribution in [0.25, 0.3) is 10.2 Å². The molecule has 3 aromatic heterocycles. The average Bonchev–Trinajstić information content (AvgIpc) is 2.95. The number of hydrogen-bond acceptors (Lipinski definition) is 5. The van der Waals surface area contributed by atoms with E-state index in [1.54, 1.807) is 16.0 Å². The van der Waals surface area contributed by atoms with E-state index in [2.05, 4.69) is 27.3 Å². The first-order valence-electron chi connectivity index (χ1n) is 5.87. The van der Waals surface area contributed by atoms with Crippen molar-refractivity contribution in [1.82, 2.24) is 19.7 Å². The fourth-order valence-electron chi connectivity index (χ4n) is 1.95. The van der Waals surface area contributed by atoms with Gasteiger partial charge in [-0.05, 0) is 29.5 Å². The molecule has 0 bridgehead atoms. The highest BCUT2D eigenvalue weighted by molar-refractivity contribution is 7.16. The van der Waals surface area contributed by atoms with Crippen molar-refractivity contribution in [2.45, 2.75) is 13.3 Å². The Bertz CT molecular complexity index is 733. The largest absolute Gasteiger partial charge is 0.337 e. The van der Waals surface area contributed by atoms with Crippen molar-refractivity contribution in [3.63, 3.8) is 0 Å². The molecule has 0 amide bonds. The maximum absolute atomic E-state index is 5.95. The topological polar surface area (TPSA) is 55.6 Å². The van der Waals surface area contributed by atoms with Crippen molar-refractivity contribution >= 4 is 44.7 Å². The summed E-state index contributed by atoms with van der Waals surface area (Å²) < 4.78 is 1.79. The SMILES string of the molecule is CCc1nn(C)cc1Nc1nc(Cl)nc2sccc12. The fraction of sp³-hybridized carbons (Fsp3) is 0.250. The first-order chi connectivity index (χ1) is 9.17. The molecule has 7 heteroatoms. The zero-order valence-electron chi connectivity index (χ0n) is 10.5. The summed E-state index contributed by atoms with van der Waals surface area (Å²) in [7, 11) is 1.90. The van der Waals surface area contributed by atoms with Gasteiger partial charge in [0, 0.05) is 13.2 Å². The molecule has 3 heterocycles. The van der Waals surface area contributed by atoms with E-state index in [0.29, 0.717) is 0 Å². The second kappa shape index (κ2) is 4.79. The van der Waals surface area contributed by atoms with Gasteiger partial charge in [0.25, 0.3) is 0 Å². The first kappa shape index (κ1) is 12.4. The molecule has 3 aromatic rings. The summed E-state index contributed by atoms with van der Waals surface area (Å²) in [6.07, 6.45) is 2.79. The first-order valence-corrected chi connectivity index (χ1v) is 7.13. The summed E-state index contributed by atoms with van der Waals surface area (Å²) in [5, 5.41) is 10.9. The summed E-state index contributed by atoms with van der Waals surface area (Å²) in [6.45, 7) is 2.07. The summed E-state index contributed by atoms with van der Waals surface area (Å²) >= 11 is 7.49. The highest BCUT2D eigenvalue weighted by Gasteiger charge is 2.11. The van der Waals surface area contributed by atoms with E-state index in [1.165, 1.54) is 0 Å². The Hall–Kier alpha value is -1.66. The van der Waals surface area contributed by atoms with E-state index in [1.807, 2.05) is 24.7 Å². The molecule has 0 saturated heterocycles. The van der Waals surface area contributed by atoms with Gasteiger partial charge in [0.2, 0.25) is 5.28 Å². The summed E-state index contributed by atoms with van der Waals surface area (Å²) in [4.78, 5) is 9.34. The molecule has 5 nitrogen and oxygen atoms in total. The predicted molar refractivity (Wildman–Crippen MR) is 78.3 cm³/mol. The number of aromatic nitrogens is 4. The number of aryl methyl sites for hydroxylation is 2. The Morgan fingerprint density at radius 1 is 1.42 bits per heavy atom. The molecule has 98 valence electrons. The third-order valence-corrected chi connectivity index (χ3v) is 3.77. The van der Waals surface area contributed by atoms with E-state index >= 15 is 0 Å². The standard InChI is InChI=1S/C12H12ClN5S/c1-3-8-9(6-18(2)17-8)14-10-7-4-5-19-11(7)16-12(13)15-10/h4-6H,3H2,1-2H3,(H,14,15,16). The minimum Gasteiger partial charge on any atom is -0.337 e. The van der Waals surface area contributed by atoms with Gasteiger partial charge in [-0.1, -0.05) is 6.92 Å². The molecule has 3 rings (SSSR count). The molecule has 0 aliphatic rings. The molecule has 0 radical (unpaired) electrons. The van der Waals surface area contributed by atoms with Crippen molar-refractivity contribution < 1.29 is 0 Å². The van der Waals surface area contributed by atoms with E-state index in [9.17, 15) is 0 Å². The van der Waals surface area contributed by atoms with Crippen molar-refractivity contribution in [2.75, 3.05) is 5.32 Å². The second-order valence-corrected chi connectivity index (χ2v) is 5.35. The fourth-order valence-corrected chi connectivity index (χ4v) is 2.94. The maximum Gasteiger partial charge on any atom is 0.225 e. The van der Waals surface area contributed by atoms with Gasteiger partial charge in [0.1, 0.15) is 10.6 Å². The van der Waals surface area contributed by atoms with Crippen LogP contribution in [-0.4, -0.2) is 19.7 Å². The van der Waals surface area contributed by atoms with Gasteiger partial charge in [-0.3, -0.25) is 4.68 Å². The highest BCUT2D eigenvalue weighted by atomic mass is 35.5. The van der Waals surface area contributed by atoms with Crippen LogP contribution in [0, 0.1) is 0 Å². The summed E-state index contributed by atoms with van der Waals surface area (Å²) in [5.74, 6) is 0.721. The predicted octanol–water partition coefficient (Wildman–Crippen LogP) is 3.38. The molecule has 0 aliphatic carbocycles. The van der Waals surface area contributed by atoms with E-state index in [-0.39, 0.29) is 5.28 Å². The lowest BCUT2D eigenvalue weighted by molar-refractivity contribution is 0.746. The molecule has 1 N–H and O–H groups in total. The van der Waals surface area contributed by atoms with Crippen LogP contribution < -0.4 is 5.32 Å². The minimum atomic E-state index is 0.249. The van der Waals surface area contributed by atoms with Crippen molar-refractivity contribution in [2.24, 2.45) is 7.05 Å². The average molecular weight is 294 g/mol. The Morgan fingerprint density at radius 3 is 3.05 bits per heavy atom. The maximum atomic E-state index is 5.95. The van der Waals surface area contributed by atoms with E-state index in [4.69, 9.17) is 11.6 Å². The number of halogens is 1. The molecule has 0 unspecified atom stereocenters. The summed E-state index contributed by atoms with van der Waals surface area (Å²) in [5.41, 5.74) is 1.95. The Balaban J connectivity index is 2.07. The number of rotatable bonds is 3. The third kappa shape index (κ3) is 2.29. The normalized spacial score (nSPS) is 11.1. The smallest absolute Gasteiger partial charge is 0.225 e. The number of nitrogens with one attached hydrogen (secondary N) is 1. The molecule has 0 atom stereocenters. The van der Waals surface area contributed by atoms with Crippen LogP contribution in [-0.2, 0) is 13.5 Å². The molecular formula is C12H12ClN5S. The van der Waals surface area contributed by atoms with Gasteiger partial charge in [-0.15, -0.1) is 11.3 Å². The van der Waals surface area contributed by atoms with Crippen molar-refractivity contribution in [3.8, 4) is 0 Å².